The number of likely N-dealkylation sites (tertiary alicyclic amines) is 1. The summed E-state index contributed by atoms with van der Waals surface area (Å²) in [5.74, 6) is -1.44. The van der Waals surface area contributed by atoms with Gasteiger partial charge in [0, 0.05) is 31.0 Å². The number of amides is 1. The number of carboxylic acid groups (broad SMARTS) is 1. The molecule has 6 nitrogen and oxygen atoms in total. The maximum absolute atomic E-state index is 13.2. The van der Waals surface area contributed by atoms with Crippen molar-refractivity contribution in [1.29, 1.82) is 0 Å². The maximum Gasteiger partial charge on any atom is 0.308 e. The molecule has 0 spiro atoms. The molecule has 27 heavy (non-hydrogen) atoms. The van der Waals surface area contributed by atoms with E-state index in [9.17, 15) is 19.1 Å². The average molecular weight is 375 g/mol. The first-order valence-electron chi connectivity index (χ1n) is 9.72. The third-order valence-electron chi connectivity index (χ3n) is 6.53. The van der Waals surface area contributed by atoms with Crippen molar-refractivity contribution in [3.63, 3.8) is 0 Å². The number of benzene rings is 1. The smallest absolute Gasteiger partial charge is 0.308 e. The largest absolute Gasteiger partial charge is 0.481 e. The molecule has 0 radical (unpaired) electrons. The van der Waals surface area contributed by atoms with E-state index in [-0.39, 0.29) is 36.1 Å². The van der Waals surface area contributed by atoms with Gasteiger partial charge in [-0.15, -0.1) is 0 Å². The Morgan fingerprint density at radius 2 is 1.89 bits per heavy atom. The minimum atomic E-state index is -0.915. The molecule has 3 aliphatic rings. The van der Waals surface area contributed by atoms with Crippen LogP contribution in [0.5, 0.6) is 0 Å². The minimum absolute atomic E-state index is 0.0278. The summed E-state index contributed by atoms with van der Waals surface area (Å²) in [7, 11) is 0. The van der Waals surface area contributed by atoms with Gasteiger partial charge in [-0.1, -0.05) is 19.1 Å². The van der Waals surface area contributed by atoms with Gasteiger partial charge in [0.25, 0.3) is 0 Å². The molecule has 146 valence electrons. The lowest BCUT2D eigenvalue weighted by molar-refractivity contribution is -0.142. The lowest BCUT2D eigenvalue weighted by Gasteiger charge is -2.32. The topological polar surface area (TPSA) is 81.7 Å². The first-order valence-corrected chi connectivity index (χ1v) is 9.72. The Balaban J connectivity index is 1.51. The van der Waals surface area contributed by atoms with Gasteiger partial charge in [-0.3, -0.25) is 15.0 Å². The summed E-state index contributed by atoms with van der Waals surface area (Å²) in [5.41, 5.74) is 7.19. The van der Waals surface area contributed by atoms with E-state index in [2.05, 4.69) is 17.8 Å². The number of carbonyl (C=O) groups excluding carboxylic acids is 1. The van der Waals surface area contributed by atoms with Crippen LogP contribution >= 0.6 is 0 Å². The Kier molecular flexibility index (Phi) is 4.90. The number of fused-ring (bicyclic) bond motifs is 1. The number of nitrogens with one attached hydrogen (secondary N) is 2. The average Bonchev–Trinajstić information content (AvgIpc) is 3.26. The zero-order valence-electron chi connectivity index (χ0n) is 15.4. The van der Waals surface area contributed by atoms with Gasteiger partial charge in [0.1, 0.15) is 11.9 Å². The Bertz CT molecular complexity index is 726. The van der Waals surface area contributed by atoms with Crippen molar-refractivity contribution in [1.82, 2.24) is 15.8 Å². The fraction of sp³-hybridized carbons (Fsp3) is 0.600. The SMILES string of the molecule is CC1CCC2NNC(C(=O)N3C[C@H](C(=O)O)[C@@H](c4ccc(F)cc4)C3)C2C1. The molecule has 0 aromatic heterocycles. The van der Waals surface area contributed by atoms with Crippen molar-refractivity contribution in [2.24, 2.45) is 17.8 Å². The Hall–Kier alpha value is -1.99. The van der Waals surface area contributed by atoms with E-state index >= 15 is 0 Å². The lowest BCUT2D eigenvalue weighted by Crippen LogP contribution is -2.47. The zero-order chi connectivity index (χ0) is 19.1. The van der Waals surface area contributed by atoms with Gasteiger partial charge in [0.15, 0.2) is 0 Å². The number of carbonyl (C=O) groups is 2. The molecule has 1 aromatic rings. The van der Waals surface area contributed by atoms with Crippen molar-refractivity contribution in [3.05, 3.63) is 35.6 Å². The van der Waals surface area contributed by atoms with Gasteiger partial charge in [0.05, 0.1) is 5.92 Å². The molecule has 4 unspecified atom stereocenters. The van der Waals surface area contributed by atoms with Crippen LogP contribution in [0.2, 0.25) is 0 Å². The predicted octanol–water partition coefficient (Wildman–Crippen LogP) is 1.73. The number of hydrogen-bond acceptors (Lipinski definition) is 4. The van der Waals surface area contributed by atoms with Crippen LogP contribution in [0.1, 0.15) is 37.7 Å². The quantitative estimate of drug-likeness (QED) is 0.750. The highest BCUT2D eigenvalue weighted by molar-refractivity contribution is 5.84. The van der Waals surface area contributed by atoms with Gasteiger partial charge >= 0.3 is 5.97 Å². The van der Waals surface area contributed by atoms with E-state index in [1.807, 2.05) is 0 Å². The van der Waals surface area contributed by atoms with Crippen molar-refractivity contribution in [2.75, 3.05) is 13.1 Å². The van der Waals surface area contributed by atoms with Crippen LogP contribution in [0, 0.1) is 23.6 Å². The molecule has 7 heteroatoms. The zero-order valence-corrected chi connectivity index (χ0v) is 15.4. The molecule has 0 bridgehead atoms. The summed E-state index contributed by atoms with van der Waals surface area (Å²) in [5, 5.41) is 9.65. The molecule has 2 aliphatic heterocycles. The molecule has 3 fully saturated rings. The number of hydrogen-bond donors (Lipinski definition) is 3. The highest BCUT2D eigenvalue weighted by atomic mass is 19.1. The van der Waals surface area contributed by atoms with Gasteiger partial charge in [-0.05, 0) is 42.9 Å². The fourth-order valence-electron chi connectivity index (χ4n) is 5.00. The molecule has 1 saturated carbocycles. The molecule has 1 aromatic carbocycles. The second-order valence-electron chi connectivity index (χ2n) is 8.30. The predicted molar refractivity (Wildman–Crippen MR) is 97.2 cm³/mol. The van der Waals surface area contributed by atoms with E-state index in [4.69, 9.17) is 0 Å². The van der Waals surface area contributed by atoms with Crippen LogP contribution in [0.3, 0.4) is 0 Å². The van der Waals surface area contributed by atoms with Crippen LogP contribution in [0.15, 0.2) is 24.3 Å². The molecule has 1 aliphatic carbocycles. The van der Waals surface area contributed by atoms with Gasteiger partial charge in [-0.2, -0.15) is 0 Å². The minimum Gasteiger partial charge on any atom is -0.481 e. The highest BCUT2D eigenvalue weighted by Crippen LogP contribution is 2.37. The lowest BCUT2D eigenvalue weighted by atomic mass is 9.76. The number of rotatable bonds is 3. The molecule has 2 saturated heterocycles. The van der Waals surface area contributed by atoms with Crippen LogP contribution in [0.25, 0.3) is 0 Å². The molecule has 2 heterocycles. The van der Waals surface area contributed by atoms with Gasteiger partial charge in [-0.25, -0.2) is 9.82 Å². The summed E-state index contributed by atoms with van der Waals surface area (Å²) in [6.45, 7) is 2.77. The third-order valence-corrected chi connectivity index (χ3v) is 6.53. The number of carboxylic acids is 1. The first kappa shape index (κ1) is 18.4. The van der Waals surface area contributed by atoms with Gasteiger partial charge < -0.3 is 10.0 Å². The third kappa shape index (κ3) is 3.46. The molecular weight excluding hydrogens is 349 g/mol. The van der Waals surface area contributed by atoms with Crippen LogP contribution in [-0.2, 0) is 9.59 Å². The summed E-state index contributed by atoms with van der Waals surface area (Å²) in [6, 6.07) is 5.93. The number of nitrogens with zero attached hydrogens (tertiary/aromatic N) is 1. The van der Waals surface area contributed by atoms with E-state index in [0.29, 0.717) is 18.5 Å². The first-order chi connectivity index (χ1) is 12.9. The molecule has 6 atom stereocenters. The van der Waals surface area contributed by atoms with E-state index in [1.54, 1.807) is 17.0 Å². The molecule has 1 amide bonds. The van der Waals surface area contributed by atoms with Crippen molar-refractivity contribution >= 4 is 11.9 Å². The molecule has 4 rings (SSSR count). The summed E-state index contributed by atoms with van der Waals surface area (Å²) >= 11 is 0. The summed E-state index contributed by atoms with van der Waals surface area (Å²) in [4.78, 5) is 26.6. The monoisotopic (exact) mass is 375 g/mol. The van der Waals surface area contributed by atoms with Crippen molar-refractivity contribution in [2.45, 2.75) is 44.2 Å². The Morgan fingerprint density at radius 1 is 1.15 bits per heavy atom. The summed E-state index contributed by atoms with van der Waals surface area (Å²) in [6.07, 6.45) is 3.21. The molecular formula is C20H26FN3O3. The van der Waals surface area contributed by atoms with Crippen LogP contribution in [-0.4, -0.2) is 47.1 Å². The summed E-state index contributed by atoms with van der Waals surface area (Å²) < 4.78 is 13.2. The fourth-order valence-corrected chi connectivity index (χ4v) is 5.00. The van der Waals surface area contributed by atoms with Crippen molar-refractivity contribution in [3.8, 4) is 0 Å². The number of aliphatic carboxylic acids is 1. The van der Waals surface area contributed by atoms with Crippen molar-refractivity contribution < 1.29 is 19.1 Å². The second kappa shape index (κ2) is 7.20. The number of hydrazine groups is 1. The van der Waals surface area contributed by atoms with E-state index < -0.39 is 11.9 Å². The maximum atomic E-state index is 13.2. The normalized spacial score (nSPS) is 35.9. The van der Waals surface area contributed by atoms with E-state index in [0.717, 1.165) is 24.8 Å². The standard InChI is InChI=1S/C20H26FN3O3/c1-11-2-7-17-14(8-11)18(23-22-17)19(25)24-9-15(16(10-24)20(26)27)12-3-5-13(21)6-4-12/h3-6,11,14-18,22-23H,2,7-10H2,1H3,(H,26,27)/t11?,14?,15-,16+,17?,18?/m1/s1. The highest BCUT2D eigenvalue weighted by Gasteiger charge is 2.47. The Morgan fingerprint density at radius 3 is 2.59 bits per heavy atom. The Labute approximate surface area is 158 Å². The van der Waals surface area contributed by atoms with Gasteiger partial charge in [0.2, 0.25) is 5.91 Å². The molecule has 3 N–H and O–H groups in total. The van der Waals surface area contributed by atoms with E-state index in [1.165, 1.54) is 12.1 Å². The van der Waals surface area contributed by atoms with Crippen LogP contribution < -0.4 is 10.9 Å². The van der Waals surface area contributed by atoms with Crippen LogP contribution in [0.4, 0.5) is 4.39 Å². The second-order valence-corrected chi connectivity index (χ2v) is 8.30. The number of halogens is 1.